The number of hydrogen-bond donors (Lipinski definition) is 0. The Kier molecular flexibility index (Phi) is 17.6. The first-order valence-electron chi connectivity index (χ1n) is 23.1. The molecule has 16 nitrogen and oxygen atoms in total. The van der Waals surface area contributed by atoms with Gasteiger partial charge in [-0.3, -0.25) is 0 Å². The lowest BCUT2D eigenvalue weighted by Crippen LogP contribution is -2.29. The van der Waals surface area contributed by atoms with Crippen LogP contribution in [-0.2, 0) is 52.2 Å². The minimum Gasteiger partial charge on any atom is -0.455 e. The van der Waals surface area contributed by atoms with Gasteiger partial charge in [0.05, 0.1) is 30.5 Å². The maximum absolute atomic E-state index is 12.8. The first-order chi connectivity index (χ1) is 30.4. The predicted octanol–water partition coefficient (Wildman–Crippen LogP) is 9.40. The van der Waals surface area contributed by atoms with Crippen LogP contribution in [-0.4, -0.2) is 106 Å². The highest BCUT2D eigenvalue weighted by molar-refractivity contribution is 5.91. The summed E-state index contributed by atoms with van der Waals surface area (Å²) in [5, 5.41) is 3.58. The molecule has 348 valence electrons. The van der Waals surface area contributed by atoms with Crippen molar-refractivity contribution >= 4 is 24.2 Å². The minimum absolute atomic E-state index is 0.0523. The van der Waals surface area contributed by atoms with Gasteiger partial charge in [0.1, 0.15) is 37.6 Å². The number of allylic oxidation sites excluding steroid dienone is 2. The summed E-state index contributed by atoms with van der Waals surface area (Å²) in [7, 11) is 0. The molecule has 4 fully saturated rings. The normalized spacial score (nSPS) is 32.0. The van der Waals surface area contributed by atoms with E-state index < -0.39 is 12.3 Å². The maximum Gasteiger partial charge on any atom is 0.508 e. The second kappa shape index (κ2) is 23.0. The van der Waals surface area contributed by atoms with E-state index in [1.807, 2.05) is 13.8 Å². The van der Waals surface area contributed by atoms with Gasteiger partial charge in [-0.15, -0.1) is 0 Å². The Labute approximate surface area is 371 Å². The summed E-state index contributed by atoms with van der Waals surface area (Å²) < 4.78 is 51.5. The summed E-state index contributed by atoms with van der Waals surface area (Å²) in [6.07, 6.45) is 15.9. The second-order valence-electron chi connectivity index (χ2n) is 18.2. The molecule has 4 heterocycles. The van der Waals surface area contributed by atoms with Crippen molar-refractivity contribution in [1.29, 1.82) is 0 Å². The van der Waals surface area contributed by atoms with Crippen LogP contribution in [0.2, 0.25) is 0 Å². The van der Waals surface area contributed by atoms with Crippen molar-refractivity contribution < 1.29 is 61.8 Å². The maximum atomic E-state index is 12.8. The fourth-order valence-electron chi connectivity index (χ4n) is 9.39. The van der Waals surface area contributed by atoms with Crippen LogP contribution in [0.1, 0.15) is 129 Å². The van der Waals surface area contributed by atoms with Gasteiger partial charge in [0.25, 0.3) is 0 Å². The fourth-order valence-corrected chi connectivity index (χ4v) is 9.39. The molecule has 0 aromatic heterocycles. The molecule has 0 aromatic carbocycles. The first-order valence-corrected chi connectivity index (χ1v) is 23.1. The zero-order valence-corrected chi connectivity index (χ0v) is 37.2. The lowest BCUT2D eigenvalue weighted by Gasteiger charge is -2.20. The monoisotopic (exact) mass is 881 g/mol. The molecule has 0 N–H and O–H groups in total. The molecule has 4 aliphatic heterocycles. The van der Waals surface area contributed by atoms with Crippen LogP contribution in [0, 0.1) is 11.8 Å². The fraction of sp³-hybridized carbons (Fsp3) is 0.745. The molecule has 0 aromatic rings. The quantitative estimate of drug-likeness (QED) is 0.0114. The number of nitrogens with zero attached hydrogens (tertiary/aromatic N) is 3. The summed E-state index contributed by atoms with van der Waals surface area (Å²) in [6, 6.07) is 0. The van der Waals surface area contributed by atoms with Crippen LogP contribution in [0.3, 0.4) is 0 Å². The summed E-state index contributed by atoms with van der Waals surface area (Å²) in [5.74, 6) is -1.05. The Morgan fingerprint density at radius 1 is 0.730 bits per heavy atom. The van der Waals surface area contributed by atoms with E-state index in [4.69, 9.17) is 48.2 Å². The number of carbonyl (C=O) groups excluding carboxylic acids is 4. The van der Waals surface area contributed by atoms with E-state index in [0.717, 1.165) is 88.2 Å². The van der Waals surface area contributed by atoms with Crippen LogP contribution in [0.25, 0.3) is 10.4 Å². The Morgan fingerprint density at radius 2 is 1.19 bits per heavy atom. The first kappa shape index (κ1) is 48.1. The van der Waals surface area contributed by atoms with Gasteiger partial charge in [0.15, 0.2) is 0 Å². The van der Waals surface area contributed by atoms with Crippen molar-refractivity contribution in [2.24, 2.45) is 17.0 Å². The molecule has 0 unspecified atom stereocenters. The third kappa shape index (κ3) is 13.8. The van der Waals surface area contributed by atoms with Crippen molar-refractivity contribution in [3.8, 4) is 0 Å². The van der Waals surface area contributed by atoms with Gasteiger partial charge in [-0.05, 0) is 94.7 Å². The SMILES string of the molecule is C=C1C(=O)O[C@H]2[C@H]1CC/C(COC(=O)OCCC(CCOC(=O)OC/C1=C/CC[C@@]3(C)O[C@H]3[C@H]3OC(=O)C(=C)[C@@H]3CC1)OCCCCCCCCCCN=[N+]=[N-])=C\CC[C@@]1(C)O[C@@H]21. The lowest BCUT2D eigenvalue weighted by molar-refractivity contribution is -0.140. The third-order valence-corrected chi connectivity index (χ3v) is 13.5. The number of carbonyl (C=O) groups is 4. The van der Waals surface area contributed by atoms with Gasteiger partial charge in [-0.25, -0.2) is 19.2 Å². The average Bonchev–Trinajstić information content (AvgIpc) is 4.07. The Hall–Kier alpha value is -4.37. The van der Waals surface area contributed by atoms with Crippen LogP contribution >= 0.6 is 0 Å². The Morgan fingerprint density at radius 3 is 1.67 bits per heavy atom. The second-order valence-corrected chi connectivity index (χ2v) is 18.2. The number of epoxide rings is 2. The molecule has 8 atom stereocenters. The van der Waals surface area contributed by atoms with Crippen LogP contribution in [0.15, 0.2) is 52.7 Å². The molecule has 2 aliphatic carbocycles. The van der Waals surface area contributed by atoms with E-state index in [1.165, 1.54) is 0 Å². The molecule has 0 spiro atoms. The topological polar surface area (TPSA) is 207 Å². The highest BCUT2D eigenvalue weighted by atomic mass is 16.7. The van der Waals surface area contributed by atoms with Crippen molar-refractivity contribution in [2.75, 3.05) is 39.6 Å². The largest absolute Gasteiger partial charge is 0.508 e. The van der Waals surface area contributed by atoms with Gasteiger partial charge in [0, 0.05) is 53.9 Å². The number of fused-ring (bicyclic) bond motifs is 6. The molecule has 6 aliphatic rings. The smallest absolute Gasteiger partial charge is 0.455 e. The van der Waals surface area contributed by atoms with Gasteiger partial charge >= 0.3 is 24.2 Å². The molecule has 6 rings (SSSR count). The van der Waals surface area contributed by atoms with E-state index in [-0.39, 0.29) is 91.9 Å². The summed E-state index contributed by atoms with van der Waals surface area (Å²) >= 11 is 0. The lowest BCUT2D eigenvalue weighted by atomic mass is 9.84. The van der Waals surface area contributed by atoms with E-state index in [0.29, 0.717) is 62.8 Å². The number of rotatable bonds is 22. The van der Waals surface area contributed by atoms with Crippen molar-refractivity contribution in [3.63, 3.8) is 0 Å². The third-order valence-electron chi connectivity index (χ3n) is 13.5. The van der Waals surface area contributed by atoms with Crippen molar-refractivity contribution in [3.05, 3.63) is 58.0 Å². The molecule has 4 saturated heterocycles. The standard InChI is InChI=1S/C47H67N3O13/c1-31-36-19-17-33(15-13-23-46(3)40(62-46)38(36)60-42(31)51)29-58-44(53)56-27-21-35(55-26-12-10-8-6-5-7-9-11-25-49-50-48)22-28-57-45(54)59-30-34-16-14-24-47(4)41(63-47)39-37(20-18-34)32(2)43(52)61-39/h15-16,35-41H,1-2,5-14,17-30H2,3-4H3/b33-15+,34-16+/t36-,37-,38-,39-,40-,41-,46+,47+/m0/s1. The van der Waals surface area contributed by atoms with E-state index in [2.05, 4.69) is 35.3 Å². The van der Waals surface area contributed by atoms with E-state index in [9.17, 15) is 19.2 Å². The molecular formula is C47H67N3O13. The molecular weight excluding hydrogens is 815 g/mol. The summed E-state index contributed by atoms with van der Waals surface area (Å²) in [6.45, 7) is 13.3. The van der Waals surface area contributed by atoms with Gasteiger partial charge < -0.3 is 42.6 Å². The van der Waals surface area contributed by atoms with Crippen molar-refractivity contribution in [1.82, 2.24) is 0 Å². The Balaban J connectivity index is 0.917. The van der Waals surface area contributed by atoms with Gasteiger partial charge in [-0.2, -0.15) is 0 Å². The molecule has 0 bridgehead atoms. The molecule has 0 amide bonds. The zero-order chi connectivity index (χ0) is 44.8. The number of ether oxygens (including phenoxy) is 9. The highest BCUT2D eigenvalue weighted by Gasteiger charge is 2.62. The molecule has 0 saturated carbocycles. The van der Waals surface area contributed by atoms with Crippen LogP contribution in [0.4, 0.5) is 9.59 Å². The molecule has 16 heteroatoms. The number of unbranched alkanes of at least 4 members (excludes halogenated alkanes) is 7. The number of hydrogen-bond acceptors (Lipinski definition) is 14. The van der Waals surface area contributed by atoms with E-state index >= 15 is 0 Å². The molecule has 0 radical (unpaired) electrons. The van der Waals surface area contributed by atoms with E-state index in [1.54, 1.807) is 0 Å². The predicted molar refractivity (Wildman–Crippen MR) is 229 cm³/mol. The number of esters is 2. The van der Waals surface area contributed by atoms with Crippen molar-refractivity contribution in [2.45, 2.75) is 171 Å². The average molecular weight is 882 g/mol. The van der Waals surface area contributed by atoms with Gasteiger partial charge in [0.2, 0.25) is 0 Å². The minimum atomic E-state index is -0.788. The highest BCUT2D eigenvalue weighted by Crippen LogP contribution is 2.51. The summed E-state index contributed by atoms with van der Waals surface area (Å²) in [4.78, 5) is 53.0. The Bertz CT molecular complexity index is 1670. The number of azide groups is 1. The summed E-state index contributed by atoms with van der Waals surface area (Å²) in [5.41, 5.74) is 10.5. The van der Waals surface area contributed by atoms with Crippen LogP contribution in [0.5, 0.6) is 0 Å². The van der Waals surface area contributed by atoms with Crippen LogP contribution < -0.4 is 0 Å². The molecule has 63 heavy (non-hydrogen) atoms. The zero-order valence-electron chi connectivity index (χ0n) is 37.2. The van der Waals surface area contributed by atoms with Gasteiger partial charge in [-0.1, -0.05) is 68.9 Å².